The van der Waals surface area contributed by atoms with Gasteiger partial charge in [-0.1, -0.05) is 0 Å². The highest BCUT2D eigenvalue weighted by Gasteiger charge is 2.00. The predicted molar refractivity (Wildman–Crippen MR) is 33.3 cm³/mol. The van der Waals surface area contributed by atoms with E-state index in [0.717, 1.165) is 6.20 Å². The fourth-order valence-electron chi connectivity index (χ4n) is 0.173. The molecule has 2 N–H and O–H groups in total. The standard InChI is InChI=1S/C4H7NO2S/c1-7-4(6)3(8)2-5/h2,8H,5H2,1H3/b3-2-. The first-order valence-electron chi connectivity index (χ1n) is 1.91. The Kier molecular flexibility index (Phi) is 3.10. The first-order valence-corrected chi connectivity index (χ1v) is 2.36. The Morgan fingerprint density at radius 1 is 1.88 bits per heavy atom. The van der Waals surface area contributed by atoms with Crippen molar-refractivity contribution in [1.29, 1.82) is 0 Å². The van der Waals surface area contributed by atoms with Crippen molar-refractivity contribution in [3.63, 3.8) is 0 Å². The zero-order valence-corrected chi connectivity index (χ0v) is 5.31. The summed E-state index contributed by atoms with van der Waals surface area (Å²) < 4.78 is 4.24. The van der Waals surface area contributed by atoms with Gasteiger partial charge in [0.05, 0.1) is 7.11 Å². The number of hydrogen-bond acceptors (Lipinski definition) is 4. The van der Waals surface area contributed by atoms with Crippen LogP contribution in [0.5, 0.6) is 0 Å². The molecule has 0 fully saturated rings. The molecule has 0 rings (SSSR count). The van der Waals surface area contributed by atoms with Crippen LogP contribution in [0.15, 0.2) is 11.1 Å². The largest absolute Gasteiger partial charge is 0.465 e. The smallest absolute Gasteiger partial charge is 0.345 e. The monoisotopic (exact) mass is 133 g/mol. The van der Waals surface area contributed by atoms with Crippen LogP contribution >= 0.6 is 12.6 Å². The molecule has 0 radical (unpaired) electrons. The summed E-state index contributed by atoms with van der Waals surface area (Å²) in [6, 6.07) is 0. The van der Waals surface area contributed by atoms with Gasteiger partial charge in [0.2, 0.25) is 0 Å². The molecule has 0 saturated carbocycles. The van der Waals surface area contributed by atoms with E-state index >= 15 is 0 Å². The lowest BCUT2D eigenvalue weighted by Gasteiger charge is -1.92. The second-order valence-corrected chi connectivity index (χ2v) is 1.53. The van der Waals surface area contributed by atoms with Crippen LogP contribution in [0.4, 0.5) is 0 Å². The quantitative estimate of drug-likeness (QED) is 0.298. The van der Waals surface area contributed by atoms with Gasteiger partial charge in [-0.25, -0.2) is 4.79 Å². The van der Waals surface area contributed by atoms with Crippen LogP contribution in [0.1, 0.15) is 0 Å². The van der Waals surface area contributed by atoms with Gasteiger partial charge in [-0.2, -0.15) is 0 Å². The van der Waals surface area contributed by atoms with Gasteiger partial charge in [0.1, 0.15) is 4.91 Å². The zero-order valence-electron chi connectivity index (χ0n) is 4.42. The van der Waals surface area contributed by atoms with Crippen molar-refractivity contribution in [1.82, 2.24) is 0 Å². The van der Waals surface area contributed by atoms with Crippen molar-refractivity contribution >= 4 is 18.6 Å². The van der Waals surface area contributed by atoms with E-state index in [4.69, 9.17) is 5.73 Å². The van der Waals surface area contributed by atoms with Crippen LogP contribution in [0.3, 0.4) is 0 Å². The zero-order chi connectivity index (χ0) is 6.57. The second-order valence-electron chi connectivity index (χ2n) is 1.04. The van der Waals surface area contributed by atoms with Gasteiger partial charge in [0, 0.05) is 6.20 Å². The Labute approximate surface area is 52.9 Å². The van der Waals surface area contributed by atoms with Gasteiger partial charge in [0.15, 0.2) is 0 Å². The number of esters is 1. The van der Waals surface area contributed by atoms with Crippen molar-refractivity contribution < 1.29 is 9.53 Å². The first-order chi connectivity index (χ1) is 3.72. The van der Waals surface area contributed by atoms with Crippen molar-refractivity contribution in [3.8, 4) is 0 Å². The maximum Gasteiger partial charge on any atom is 0.345 e. The third kappa shape index (κ3) is 1.88. The van der Waals surface area contributed by atoms with Crippen LogP contribution in [0.2, 0.25) is 0 Å². The van der Waals surface area contributed by atoms with E-state index in [1.54, 1.807) is 0 Å². The van der Waals surface area contributed by atoms with Gasteiger partial charge < -0.3 is 10.5 Å². The molecule has 46 valence electrons. The molecule has 3 nitrogen and oxygen atoms in total. The number of thiol groups is 1. The Balaban J connectivity index is 3.83. The molecule has 0 bridgehead atoms. The molecule has 0 heterocycles. The Morgan fingerprint density at radius 2 is 2.38 bits per heavy atom. The highest BCUT2D eigenvalue weighted by molar-refractivity contribution is 7.85. The van der Waals surface area contributed by atoms with Crippen molar-refractivity contribution in [2.24, 2.45) is 5.73 Å². The Bertz CT molecular complexity index is 121. The molecule has 0 aliphatic carbocycles. The van der Waals surface area contributed by atoms with E-state index < -0.39 is 5.97 Å². The van der Waals surface area contributed by atoms with E-state index in [0.29, 0.717) is 0 Å². The van der Waals surface area contributed by atoms with Crippen LogP contribution in [0.25, 0.3) is 0 Å². The van der Waals surface area contributed by atoms with Crippen molar-refractivity contribution in [3.05, 3.63) is 11.1 Å². The highest BCUT2D eigenvalue weighted by atomic mass is 32.1. The molecule has 0 aromatic heterocycles. The van der Waals surface area contributed by atoms with Crippen LogP contribution in [0, 0.1) is 0 Å². The lowest BCUT2D eigenvalue weighted by Crippen LogP contribution is -2.01. The summed E-state index contributed by atoms with van der Waals surface area (Å²) in [4.78, 5) is 10.4. The van der Waals surface area contributed by atoms with Crippen LogP contribution in [-0.4, -0.2) is 13.1 Å². The number of hydrogen-bond donors (Lipinski definition) is 2. The molecule has 0 atom stereocenters. The van der Waals surface area contributed by atoms with Gasteiger partial charge in [-0.05, 0) is 0 Å². The number of ether oxygens (including phenoxy) is 1. The SMILES string of the molecule is COC(=O)/C(S)=C/N. The van der Waals surface area contributed by atoms with Gasteiger partial charge in [-0.15, -0.1) is 12.6 Å². The maximum atomic E-state index is 10.3. The van der Waals surface area contributed by atoms with Gasteiger partial charge >= 0.3 is 5.97 Å². The predicted octanol–water partition coefficient (Wildman–Crippen LogP) is -0.111. The molecular weight excluding hydrogens is 126 g/mol. The number of carbonyl (C=O) groups excluding carboxylic acids is 1. The summed E-state index contributed by atoms with van der Waals surface area (Å²) in [5.74, 6) is -0.518. The van der Waals surface area contributed by atoms with Gasteiger partial charge in [-0.3, -0.25) is 0 Å². The molecule has 4 heteroatoms. The van der Waals surface area contributed by atoms with E-state index in [1.165, 1.54) is 7.11 Å². The molecule has 0 aromatic rings. The molecule has 0 aromatic carbocycles. The van der Waals surface area contributed by atoms with E-state index in [9.17, 15) is 4.79 Å². The number of rotatable bonds is 1. The average Bonchev–Trinajstić information content (AvgIpc) is 1.84. The van der Waals surface area contributed by atoms with Gasteiger partial charge in [0.25, 0.3) is 0 Å². The summed E-state index contributed by atoms with van der Waals surface area (Å²) in [6.07, 6.45) is 1.08. The third-order valence-electron chi connectivity index (χ3n) is 0.552. The highest BCUT2D eigenvalue weighted by Crippen LogP contribution is 1.97. The lowest BCUT2D eigenvalue weighted by atomic mass is 10.6. The normalized spacial score (nSPS) is 11.0. The average molecular weight is 133 g/mol. The second kappa shape index (κ2) is 3.37. The summed E-state index contributed by atoms with van der Waals surface area (Å²) >= 11 is 3.67. The molecule has 0 spiro atoms. The van der Waals surface area contributed by atoms with E-state index in [1.807, 2.05) is 0 Å². The van der Waals surface area contributed by atoms with Crippen molar-refractivity contribution in [2.75, 3.05) is 7.11 Å². The molecule has 0 aliphatic heterocycles. The minimum atomic E-state index is -0.518. The van der Waals surface area contributed by atoms with Crippen LogP contribution < -0.4 is 5.73 Å². The molecule has 0 saturated heterocycles. The molecule has 0 aliphatic rings. The lowest BCUT2D eigenvalue weighted by molar-refractivity contribution is -0.135. The molecule has 0 amide bonds. The first kappa shape index (κ1) is 7.36. The number of nitrogens with two attached hydrogens (primary N) is 1. The summed E-state index contributed by atoms with van der Waals surface area (Å²) in [7, 11) is 1.27. The van der Waals surface area contributed by atoms with Crippen LogP contribution in [-0.2, 0) is 9.53 Å². The number of carbonyl (C=O) groups is 1. The fraction of sp³-hybridized carbons (Fsp3) is 0.250. The molecule has 8 heavy (non-hydrogen) atoms. The number of methoxy groups -OCH3 is 1. The fourth-order valence-corrected chi connectivity index (χ4v) is 0.264. The Hall–Kier alpha value is -0.640. The van der Waals surface area contributed by atoms with Crippen molar-refractivity contribution in [2.45, 2.75) is 0 Å². The minimum Gasteiger partial charge on any atom is -0.465 e. The minimum absolute atomic E-state index is 0.118. The van der Waals surface area contributed by atoms with E-state index in [-0.39, 0.29) is 4.91 Å². The Morgan fingerprint density at radius 3 is 2.50 bits per heavy atom. The topological polar surface area (TPSA) is 52.3 Å². The molecule has 0 unspecified atom stereocenters. The summed E-state index contributed by atoms with van der Waals surface area (Å²) in [5, 5.41) is 0. The summed E-state index contributed by atoms with van der Waals surface area (Å²) in [6.45, 7) is 0. The molecular formula is C4H7NO2S. The van der Waals surface area contributed by atoms with E-state index in [2.05, 4.69) is 17.4 Å². The maximum absolute atomic E-state index is 10.3. The summed E-state index contributed by atoms with van der Waals surface area (Å²) in [5.41, 5.74) is 4.91. The third-order valence-corrected chi connectivity index (χ3v) is 0.884.